The number of hydrogen-bond acceptors (Lipinski definition) is 5. The topological polar surface area (TPSA) is 89.1 Å². The maximum Gasteiger partial charge on any atom is 0.328 e. The maximum absolute atomic E-state index is 10.8. The van der Waals surface area contributed by atoms with E-state index < -0.39 is 5.97 Å². The van der Waals surface area contributed by atoms with Crippen molar-refractivity contribution in [3.8, 4) is 0 Å². The molecule has 3 rings (SSSR count). The number of aryl methyl sites for hydroxylation is 2. The molecule has 1 aliphatic heterocycles. The van der Waals surface area contributed by atoms with Gasteiger partial charge in [0.15, 0.2) is 5.82 Å². The van der Waals surface area contributed by atoms with E-state index in [0.717, 1.165) is 42.1 Å². The first-order valence-electron chi connectivity index (χ1n) is 6.62. The Morgan fingerprint density at radius 2 is 2.24 bits per heavy atom. The second kappa shape index (κ2) is 5.04. The summed E-state index contributed by atoms with van der Waals surface area (Å²) in [5.41, 5.74) is 1.63. The van der Waals surface area contributed by atoms with Crippen molar-refractivity contribution in [2.45, 2.75) is 20.0 Å². The van der Waals surface area contributed by atoms with Gasteiger partial charge in [-0.05, 0) is 13.0 Å². The first kappa shape index (κ1) is 13.3. The molecule has 0 saturated heterocycles. The van der Waals surface area contributed by atoms with Crippen molar-refractivity contribution >= 4 is 17.9 Å². The third kappa shape index (κ3) is 2.39. The van der Waals surface area contributed by atoms with Gasteiger partial charge in [-0.25, -0.2) is 4.79 Å². The van der Waals surface area contributed by atoms with Gasteiger partial charge in [-0.15, -0.1) is 10.2 Å². The second-order valence-electron chi connectivity index (χ2n) is 4.98. The Bertz CT molecular complexity index is 714. The molecule has 0 unspecified atom stereocenters. The van der Waals surface area contributed by atoms with Crippen molar-refractivity contribution in [2.24, 2.45) is 7.05 Å². The molecule has 110 valence electrons. The number of nitrogens with zero attached hydrogens (tertiary/aromatic N) is 6. The molecule has 0 aliphatic carbocycles. The van der Waals surface area contributed by atoms with Crippen molar-refractivity contribution in [1.29, 1.82) is 0 Å². The lowest BCUT2D eigenvalue weighted by atomic mass is 10.2. The SMILES string of the molecule is Cc1nn(C)c(N2CCn3cnnc3C2)c1C=CC(=O)O. The molecule has 1 N–H and O–H groups in total. The molecular formula is C13H16N6O2. The number of carboxylic acid groups (broad SMARTS) is 1. The van der Waals surface area contributed by atoms with Gasteiger partial charge in [0, 0.05) is 31.8 Å². The highest BCUT2D eigenvalue weighted by Crippen LogP contribution is 2.27. The zero-order valence-electron chi connectivity index (χ0n) is 11.9. The fourth-order valence-electron chi connectivity index (χ4n) is 2.63. The van der Waals surface area contributed by atoms with Crippen LogP contribution in [0.4, 0.5) is 5.82 Å². The molecule has 0 radical (unpaired) electrons. The maximum atomic E-state index is 10.8. The van der Waals surface area contributed by atoms with Crippen LogP contribution in [0.2, 0.25) is 0 Å². The predicted molar refractivity (Wildman–Crippen MR) is 75.7 cm³/mol. The monoisotopic (exact) mass is 288 g/mol. The number of fused-ring (bicyclic) bond motifs is 1. The Labute approximate surface area is 121 Å². The van der Waals surface area contributed by atoms with Crippen LogP contribution in [0.1, 0.15) is 17.1 Å². The molecule has 0 bridgehead atoms. The predicted octanol–water partition coefficient (Wildman–Crippen LogP) is 0.438. The molecule has 3 heterocycles. The van der Waals surface area contributed by atoms with Crippen molar-refractivity contribution in [2.75, 3.05) is 11.4 Å². The molecule has 0 aromatic carbocycles. The van der Waals surface area contributed by atoms with E-state index in [2.05, 4.69) is 20.2 Å². The molecule has 0 saturated carbocycles. The standard InChI is InChI=1S/C13H16N6O2/c1-9-10(3-4-12(20)21)13(17(2)16-9)18-5-6-19-8-14-15-11(19)7-18/h3-4,8H,5-7H2,1-2H3,(H,20,21). The van der Waals surface area contributed by atoms with Crippen molar-refractivity contribution < 1.29 is 9.90 Å². The number of aliphatic carboxylic acids is 1. The lowest BCUT2D eigenvalue weighted by Gasteiger charge is -2.29. The Balaban J connectivity index is 1.97. The fraction of sp³-hybridized carbons (Fsp3) is 0.385. The van der Waals surface area contributed by atoms with E-state index in [-0.39, 0.29) is 0 Å². The molecule has 0 fully saturated rings. The number of carbonyl (C=O) groups is 1. The van der Waals surface area contributed by atoms with Gasteiger partial charge < -0.3 is 14.6 Å². The van der Waals surface area contributed by atoms with E-state index >= 15 is 0 Å². The zero-order valence-corrected chi connectivity index (χ0v) is 11.9. The van der Waals surface area contributed by atoms with Crippen molar-refractivity contribution in [3.05, 3.63) is 29.5 Å². The number of aromatic nitrogens is 5. The molecule has 0 amide bonds. The minimum Gasteiger partial charge on any atom is -0.478 e. The molecule has 0 spiro atoms. The van der Waals surface area contributed by atoms with Crippen molar-refractivity contribution in [3.63, 3.8) is 0 Å². The van der Waals surface area contributed by atoms with E-state index in [4.69, 9.17) is 5.11 Å². The highest BCUT2D eigenvalue weighted by molar-refractivity contribution is 5.87. The Kier molecular flexibility index (Phi) is 3.20. The quantitative estimate of drug-likeness (QED) is 0.824. The van der Waals surface area contributed by atoms with Crippen LogP contribution < -0.4 is 4.90 Å². The van der Waals surface area contributed by atoms with Gasteiger partial charge in [0.1, 0.15) is 12.1 Å². The molecule has 1 aliphatic rings. The molecule has 8 heteroatoms. The third-order valence-corrected chi connectivity index (χ3v) is 3.57. The van der Waals surface area contributed by atoms with Crippen LogP contribution in [0.3, 0.4) is 0 Å². The third-order valence-electron chi connectivity index (χ3n) is 3.57. The summed E-state index contributed by atoms with van der Waals surface area (Å²) in [6.45, 7) is 4.11. The highest BCUT2D eigenvalue weighted by Gasteiger charge is 2.23. The minimum absolute atomic E-state index is 0.632. The molecule has 2 aromatic rings. The highest BCUT2D eigenvalue weighted by atomic mass is 16.4. The first-order chi connectivity index (χ1) is 10.1. The smallest absolute Gasteiger partial charge is 0.328 e. The van der Waals surface area contributed by atoms with Crippen LogP contribution >= 0.6 is 0 Å². The first-order valence-corrected chi connectivity index (χ1v) is 6.62. The summed E-state index contributed by atoms with van der Waals surface area (Å²) in [5, 5.41) is 21.2. The van der Waals surface area contributed by atoms with Crippen LogP contribution in [-0.2, 0) is 24.9 Å². The lowest BCUT2D eigenvalue weighted by Crippen LogP contribution is -2.35. The number of rotatable bonds is 3. The van der Waals surface area contributed by atoms with Gasteiger partial charge in [-0.3, -0.25) is 4.68 Å². The molecular weight excluding hydrogens is 272 g/mol. The Hall–Kier alpha value is -2.64. The van der Waals surface area contributed by atoms with Gasteiger partial charge >= 0.3 is 5.97 Å². The number of anilines is 1. The van der Waals surface area contributed by atoms with E-state index in [1.54, 1.807) is 17.1 Å². The summed E-state index contributed by atoms with van der Waals surface area (Å²) in [7, 11) is 1.86. The van der Waals surface area contributed by atoms with Gasteiger partial charge in [0.05, 0.1) is 12.2 Å². The van der Waals surface area contributed by atoms with Gasteiger partial charge in [0.25, 0.3) is 0 Å². The van der Waals surface area contributed by atoms with Gasteiger partial charge in [0.2, 0.25) is 0 Å². The number of carboxylic acids is 1. The summed E-state index contributed by atoms with van der Waals surface area (Å²) in [6, 6.07) is 0. The minimum atomic E-state index is -0.970. The van der Waals surface area contributed by atoms with Crippen LogP contribution in [0.15, 0.2) is 12.4 Å². The fourth-order valence-corrected chi connectivity index (χ4v) is 2.63. The van der Waals surface area contributed by atoms with Crippen molar-refractivity contribution in [1.82, 2.24) is 24.5 Å². The molecule has 0 atom stereocenters. The zero-order chi connectivity index (χ0) is 15.0. The normalized spacial score (nSPS) is 14.7. The summed E-state index contributed by atoms with van der Waals surface area (Å²) < 4.78 is 3.80. The molecule has 21 heavy (non-hydrogen) atoms. The summed E-state index contributed by atoms with van der Waals surface area (Å²) in [5.74, 6) is 0.829. The van der Waals surface area contributed by atoms with Crippen LogP contribution in [0, 0.1) is 6.92 Å². The molecule has 8 nitrogen and oxygen atoms in total. The molecule has 2 aromatic heterocycles. The van der Waals surface area contributed by atoms with E-state index in [0.29, 0.717) is 6.54 Å². The lowest BCUT2D eigenvalue weighted by molar-refractivity contribution is -0.131. The van der Waals surface area contributed by atoms with Gasteiger partial charge in [-0.1, -0.05) is 0 Å². The van der Waals surface area contributed by atoms with Gasteiger partial charge in [-0.2, -0.15) is 5.10 Å². The average molecular weight is 288 g/mol. The van der Waals surface area contributed by atoms with E-state index in [1.807, 2.05) is 18.5 Å². The number of hydrogen-bond donors (Lipinski definition) is 1. The summed E-state index contributed by atoms with van der Waals surface area (Å²) in [6.07, 6.45) is 4.46. The largest absolute Gasteiger partial charge is 0.478 e. The Morgan fingerprint density at radius 1 is 1.43 bits per heavy atom. The second-order valence-corrected chi connectivity index (χ2v) is 4.98. The van der Waals surface area contributed by atoms with Crippen LogP contribution in [0.25, 0.3) is 6.08 Å². The van der Waals surface area contributed by atoms with Crippen LogP contribution in [0.5, 0.6) is 0 Å². The van der Waals surface area contributed by atoms with Crippen LogP contribution in [-0.4, -0.2) is 42.2 Å². The average Bonchev–Trinajstić information content (AvgIpc) is 2.99. The van der Waals surface area contributed by atoms with E-state index in [1.165, 1.54) is 0 Å². The Morgan fingerprint density at radius 3 is 3.00 bits per heavy atom. The van der Waals surface area contributed by atoms with E-state index in [9.17, 15) is 4.79 Å². The summed E-state index contributed by atoms with van der Waals surface area (Å²) in [4.78, 5) is 12.9. The summed E-state index contributed by atoms with van der Waals surface area (Å²) >= 11 is 0.